The average molecular weight is 514 g/mol. The van der Waals surface area contributed by atoms with E-state index in [9.17, 15) is 0 Å². The number of aryl methyl sites for hydroxylation is 3. The van der Waals surface area contributed by atoms with Crippen molar-refractivity contribution >= 4 is 23.1 Å². The molecule has 0 saturated heterocycles. The van der Waals surface area contributed by atoms with Gasteiger partial charge in [0, 0.05) is 18.0 Å². The van der Waals surface area contributed by atoms with Gasteiger partial charge in [0.05, 0.1) is 11.4 Å². The van der Waals surface area contributed by atoms with Gasteiger partial charge in [0.1, 0.15) is 0 Å². The molecular formula is C37H31BN2. The van der Waals surface area contributed by atoms with E-state index in [1.54, 1.807) is 0 Å². The van der Waals surface area contributed by atoms with Crippen LogP contribution in [0.3, 0.4) is 0 Å². The number of nitrogens with zero attached hydrogens (tertiary/aromatic N) is 2. The van der Waals surface area contributed by atoms with E-state index < -0.39 is 0 Å². The van der Waals surface area contributed by atoms with Crippen molar-refractivity contribution in [1.82, 2.24) is 9.97 Å². The quantitative estimate of drug-likeness (QED) is 0.226. The van der Waals surface area contributed by atoms with E-state index in [-0.39, 0.29) is 6.71 Å². The van der Waals surface area contributed by atoms with Gasteiger partial charge in [-0.25, -0.2) is 0 Å². The molecule has 0 N–H and O–H groups in total. The van der Waals surface area contributed by atoms with Gasteiger partial charge in [-0.1, -0.05) is 124 Å². The Labute approximate surface area is 237 Å². The summed E-state index contributed by atoms with van der Waals surface area (Å²) in [6, 6.07) is 43.3. The molecule has 0 atom stereocenters. The molecule has 0 spiro atoms. The van der Waals surface area contributed by atoms with Crippen LogP contribution < -0.4 is 16.4 Å². The van der Waals surface area contributed by atoms with Crippen molar-refractivity contribution < 1.29 is 0 Å². The third-order valence-electron chi connectivity index (χ3n) is 7.56. The molecule has 40 heavy (non-hydrogen) atoms. The van der Waals surface area contributed by atoms with Crippen LogP contribution in [0.25, 0.3) is 33.6 Å². The first kappa shape index (κ1) is 25.5. The first-order valence-corrected chi connectivity index (χ1v) is 13.8. The molecule has 2 heterocycles. The lowest BCUT2D eigenvalue weighted by Crippen LogP contribution is -2.54. The molecule has 0 radical (unpaired) electrons. The van der Waals surface area contributed by atoms with Crippen LogP contribution in [0, 0.1) is 20.8 Å². The third kappa shape index (κ3) is 5.24. The molecule has 0 amide bonds. The van der Waals surface area contributed by atoms with E-state index in [0.29, 0.717) is 0 Å². The second kappa shape index (κ2) is 11.2. The molecule has 0 saturated carbocycles. The molecule has 2 nitrogen and oxygen atoms in total. The van der Waals surface area contributed by atoms with E-state index in [1.807, 2.05) is 30.6 Å². The summed E-state index contributed by atoms with van der Waals surface area (Å²) in [4.78, 5) is 9.36. The Balaban J connectivity index is 1.62. The van der Waals surface area contributed by atoms with Crippen molar-refractivity contribution in [2.75, 3.05) is 0 Å². The van der Waals surface area contributed by atoms with Crippen LogP contribution in [0.2, 0.25) is 0 Å². The third-order valence-corrected chi connectivity index (χ3v) is 7.56. The normalized spacial score (nSPS) is 10.9. The van der Waals surface area contributed by atoms with Gasteiger partial charge in [-0.05, 0) is 67.8 Å². The average Bonchev–Trinajstić information content (AvgIpc) is 3.00. The van der Waals surface area contributed by atoms with Crippen LogP contribution in [-0.2, 0) is 0 Å². The molecular weight excluding hydrogens is 483 g/mol. The molecule has 192 valence electrons. The number of rotatable bonds is 6. The summed E-state index contributed by atoms with van der Waals surface area (Å²) in [6.45, 7) is 6.70. The first-order valence-electron chi connectivity index (χ1n) is 13.8. The molecule has 0 aliphatic rings. The minimum atomic E-state index is 0.0374. The van der Waals surface area contributed by atoms with Crippen molar-refractivity contribution in [3.8, 4) is 33.6 Å². The van der Waals surface area contributed by atoms with Crippen molar-refractivity contribution in [2.45, 2.75) is 20.8 Å². The Kier molecular flexibility index (Phi) is 7.12. The second-order valence-electron chi connectivity index (χ2n) is 10.5. The molecule has 0 aliphatic heterocycles. The lowest BCUT2D eigenvalue weighted by atomic mass is 9.35. The monoisotopic (exact) mass is 514 g/mol. The van der Waals surface area contributed by atoms with E-state index in [1.165, 1.54) is 44.2 Å². The topological polar surface area (TPSA) is 25.8 Å². The van der Waals surface area contributed by atoms with E-state index in [4.69, 9.17) is 4.98 Å². The van der Waals surface area contributed by atoms with Gasteiger partial charge in [0.2, 0.25) is 6.71 Å². The van der Waals surface area contributed by atoms with Crippen molar-refractivity contribution in [3.05, 3.63) is 150 Å². The first-order chi connectivity index (χ1) is 19.6. The van der Waals surface area contributed by atoms with Crippen LogP contribution in [0.1, 0.15) is 16.7 Å². The molecule has 0 unspecified atom stereocenters. The number of hydrogen-bond donors (Lipinski definition) is 0. The summed E-state index contributed by atoms with van der Waals surface area (Å²) < 4.78 is 0. The van der Waals surface area contributed by atoms with Crippen molar-refractivity contribution in [2.24, 2.45) is 0 Å². The molecule has 0 fully saturated rings. The van der Waals surface area contributed by atoms with E-state index >= 15 is 0 Å². The van der Waals surface area contributed by atoms with Crippen molar-refractivity contribution in [1.29, 1.82) is 0 Å². The maximum Gasteiger partial charge on any atom is 0.241 e. The van der Waals surface area contributed by atoms with Gasteiger partial charge in [0.15, 0.2) is 0 Å². The Bertz CT molecular complexity index is 1680. The van der Waals surface area contributed by atoms with E-state index in [2.05, 4.69) is 129 Å². The minimum Gasteiger partial charge on any atom is -0.256 e. The van der Waals surface area contributed by atoms with Crippen LogP contribution in [0.15, 0.2) is 134 Å². The summed E-state index contributed by atoms with van der Waals surface area (Å²) in [6.07, 6.45) is 3.72. The fourth-order valence-corrected chi connectivity index (χ4v) is 5.88. The zero-order valence-electron chi connectivity index (χ0n) is 23.2. The predicted molar refractivity (Wildman–Crippen MR) is 170 cm³/mol. The van der Waals surface area contributed by atoms with Crippen LogP contribution >= 0.6 is 0 Å². The van der Waals surface area contributed by atoms with Crippen molar-refractivity contribution in [3.63, 3.8) is 0 Å². The highest BCUT2D eigenvalue weighted by Crippen LogP contribution is 2.25. The molecule has 4 aromatic carbocycles. The maximum atomic E-state index is 4.72. The summed E-state index contributed by atoms with van der Waals surface area (Å²) in [7, 11) is 0. The number of aromatic nitrogens is 2. The fraction of sp³-hybridized carbons (Fsp3) is 0.0811. The lowest BCUT2D eigenvalue weighted by Gasteiger charge is -2.23. The predicted octanol–water partition coefficient (Wildman–Crippen LogP) is 6.92. The van der Waals surface area contributed by atoms with E-state index in [0.717, 1.165) is 22.5 Å². The molecule has 2 aromatic heterocycles. The number of benzene rings is 4. The molecule has 6 rings (SSSR count). The Morgan fingerprint density at radius 2 is 1.02 bits per heavy atom. The van der Waals surface area contributed by atoms with Gasteiger partial charge in [0.25, 0.3) is 0 Å². The molecule has 0 bridgehead atoms. The Hall–Kier alpha value is -4.76. The van der Waals surface area contributed by atoms with Gasteiger partial charge < -0.3 is 0 Å². The zero-order chi connectivity index (χ0) is 27.5. The largest absolute Gasteiger partial charge is 0.256 e. The maximum absolute atomic E-state index is 4.72. The summed E-state index contributed by atoms with van der Waals surface area (Å²) in [5.41, 5.74) is 14.3. The minimum absolute atomic E-state index is 0.0374. The molecule has 6 aromatic rings. The van der Waals surface area contributed by atoms with Gasteiger partial charge in [-0.3, -0.25) is 9.97 Å². The molecule has 0 aliphatic carbocycles. The lowest BCUT2D eigenvalue weighted by molar-refractivity contribution is 1.33. The van der Waals surface area contributed by atoms with Crippen LogP contribution in [-0.4, -0.2) is 16.7 Å². The van der Waals surface area contributed by atoms with Crippen LogP contribution in [0.4, 0.5) is 0 Å². The highest BCUT2D eigenvalue weighted by Gasteiger charge is 2.27. The standard InChI is InChI=1S/C37H31BN2/c1-26-20-27(2)37(28(3)21-26)38(33-15-11-14-30(23-33)35-16-7-9-18-39-35)34-24-31(29-12-5-4-6-13-29)22-32(25-34)36-17-8-10-19-40-36/h4-25H,1-3H3. The summed E-state index contributed by atoms with van der Waals surface area (Å²) in [5.74, 6) is 0. The smallest absolute Gasteiger partial charge is 0.241 e. The number of pyridine rings is 2. The van der Waals surface area contributed by atoms with Gasteiger partial charge in [-0.15, -0.1) is 0 Å². The highest BCUT2D eigenvalue weighted by atomic mass is 14.7. The fourth-order valence-electron chi connectivity index (χ4n) is 5.88. The molecule has 3 heteroatoms. The second-order valence-corrected chi connectivity index (χ2v) is 10.5. The summed E-state index contributed by atoms with van der Waals surface area (Å²) >= 11 is 0. The highest BCUT2D eigenvalue weighted by molar-refractivity contribution is 6.96. The Morgan fingerprint density at radius 1 is 0.450 bits per heavy atom. The Morgan fingerprint density at radius 3 is 1.68 bits per heavy atom. The van der Waals surface area contributed by atoms with Crippen LogP contribution in [0.5, 0.6) is 0 Å². The number of hydrogen-bond acceptors (Lipinski definition) is 2. The zero-order valence-corrected chi connectivity index (χ0v) is 23.2. The van der Waals surface area contributed by atoms with Gasteiger partial charge in [-0.2, -0.15) is 0 Å². The van der Waals surface area contributed by atoms with Gasteiger partial charge >= 0.3 is 0 Å². The summed E-state index contributed by atoms with van der Waals surface area (Å²) in [5, 5.41) is 0. The SMILES string of the molecule is Cc1cc(C)c(B(c2cccc(-c3ccccn3)c2)c2cc(-c3ccccc3)cc(-c3ccccn3)c2)c(C)c1.